The molecule has 0 aliphatic carbocycles. The molecule has 0 spiro atoms. The second kappa shape index (κ2) is 9.73. The molecule has 170 valence electrons. The van der Waals surface area contributed by atoms with Gasteiger partial charge < -0.3 is 19.7 Å². The fourth-order valence-corrected chi connectivity index (χ4v) is 4.84. The number of nitrogens with one attached hydrogen (secondary N) is 1. The molecule has 0 radical (unpaired) electrons. The summed E-state index contributed by atoms with van der Waals surface area (Å²) in [6, 6.07) is 7.95. The molecule has 1 amide bonds. The zero-order valence-electron chi connectivity index (χ0n) is 19.1. The van der Waals surface area contributed by atoms with Gasteiger partial charge >= 0.3 is 6.09 Å². The fraction of sp³-hybridized carbons (Fsp3) is 0.458. The molecule has 1 aliphatic rings. The molecule has 8 heteroatoms. The predicted molar refractivity (Wildman–Crippen MR) is 129 cm³/mol. The number of thiophene rings is 1. The zero-order chi connectivity index (χ0) is 22.7. The number of fused-ring (bicyclic) bond motifs is 1. The molecule has 0 saturated carbocycles. The summed E-state index contributed by atoms with van der Waals surface area (Å²) in [7, 11) is 1.66. The third-order valence-corrected chi connectivity index (χ3v) is 6.60. The molecule has 3 heterocycles. The van der Waals surface area contributed by atoms with Crippen molar-refractivity contribution in [2.75, 3.05) is 31.7 Å². The molecule has 1 aromatic carbocycles. The van der Waals surface area contributed by atoms with E-state index in [4.69, 9.17) is 19.4 Å². The Morgan fingerprint density at radius 2 is 2.00 bits per heavy atom. The number of rotatable bonds is 6. The average Bonchev–Trinajstić information content (AvgIpc) is 3.18. The van der Waals surface area contributed by atoms with Crippen LogP contribution in [-0.4, -0.2) is 48.9 Å². The average molecular weight is 455 g/mol. The first-order valence-electron chi connectivity index (χ1n) is 11.0. The third-order valence-electron chi connectivity index (χ3n) is 5.61. The number of hydrogen-bond donors (Lipinski definition) is 1. The SMILES string of the molecule is COc1ccccc1-c1nc(N2CCC(NC(=O)OCC(C)C)CC2)c2c(C)csc2n1. The molecule has 3 aromatic rings. The topological polar surface area (TPSA) is 76.6 Å². The summed E-state index contributed by atoms with van der Waals surface area (Å²) in [4.78, 5) is 25.2. The lowest BCUT2D eigenvalue weighted by atomic mass is 10.0. The number of carbonyl (C=O) groups excluding carboxylic acids is 1. The van der Waals surface area contributed by atoms with Crippen molar-refractivity contribution >= 4 is 33.5 Å². The van der Waals surface area contributed by atoms with Crippen molar-refractivity contribution in [2.45, 2.75) is 39.7 Å². The minimum atomic E-state index is -0.325. The number of ether oxygens (including phenoxy) is 2. The number of anilines is 1. The highest BCUT2D eigenvalue weighted by atomic mass is 32.1. The van der Waals surface area contributed by atoms with Gasteiger partial charge in [0, 0.05) is 19.1 Å². The second-order valence-electron chi connectivity index (χ2n) is 8.57. The Balaban J connectivity index is 1.56. The van der Waals surface area contributed by atoms with E-state index in [9.17, 15) is 4.79 Å². The van der Waals surface area contributed by atoms with E-state index in [1.54, 1.807) is 18.4 Å². The number of methoxy groups -OCH3 is 1. The number of nitrogens with zero attached hydrogens (tertiary/aromatic N) is 3. The lowest BCUT2D eigenvalue weighted by Crippen LogP contribution is -2.45. The van der Waals surface area contributed by atoms with Crippen LogP contribution in [0.4, 0.5) is 10.6 Å². The number of piperidine rings is 1. The Morgan fingerprint density at radius 1 is 1.25 bits per heavy atom. The van der Waals surface area contributed by atoms with E-state index in [0.717, 1.165) is 53.3 Å². The molecule has 1 N–H and O–H groups in total. The Morgan fingerprint density at radius 3 is 2.72 bits per heavy atom. The van der Waals surface area contributed by atoms with Crippen molar-refractivity contribution in [1.82, 2.24) is 15.3 Å². The quantitative estimate of drug-likeness (QED) is 0.563. The second-order valence-corrected chi connectivity index (χ2v) is 9.43. The maximum atomic E-state index is 12.0. The molecule has 1 fully saturated rings. The van der Waals surface area contributed by atoms with E-state index in [-0.39, 0.29) is 12.1 Å². The van der Waals surface area contributed by atoms with Crippen LogP contribution in [0, 0.1) is 12.8 Å². The summed E-state index contributed by atoms with van der Waals surface area (Å²) in [5.41, 5.74) is 2.07. The Kier molecular flexibility index (Phi) is 6.79. The largest absolute Gasteiger partial charge is 0.496 e. The lowest BCUT2D eigenvalue weighted by Gasteiger charge is -2.33. The van der Waals surface area contributed by atoms with Gasteiger partial charge in [0.1, 0.15) is 16.4 Å². The van der Waals surface area contributed by atoms with Crippen molar-refractivity contribution in [3.8, 4) is 17.1 Å². The number of aromatic nitrogens is 2. The highest BCUT2D eigenvalue weighted by Crippen LogP contribution is 2.36. The smallest absolute Gasteiger partial charge is 0.407 e. The van der Waals surface area contributed by atoms with Gasteiger partial charge in [0.05, 0.1) is 24.7 Å². The number of benzene rings is 1. The first-order valence-corrected chi connectivity index (χ1v) is 11.9. The molecule has 7 nitrogen and oxygen atoms in total. The van der Waals surface area contributed by atoms with Crippen LogP contribution >= 0.6 is 11.3 Å². The summed E-state index contributed by atoms with van der Waals surface area (Å²) in [6.45, 7) is 8.21. The van der Waals surface area contributed by atoms with E-state index in [1.165, 1.54) is 5.56 Å². The minimum absolute atomic E-state index is 0.112. The maximum absolute atomic E-state index is 12.0. The minimum Gasteiger partial charge on any atom is -0.496 e. The van der Waals surface area contributed by atoms with Gasteiger partial charge in [0.15, 0.2) is 5.82 Å². The Labute approximate surface area is 192 Å². The Hall–Kier alpha value is -2.87. The van der Waals surface area contributed by atoms with Gasteiger partial charge in [-0.05, 0) is 48.8 Å². The van der Waals surface area contributed by atoms with E-state index >= 15 is 0 Å². The highest BCUT2D eigenvalue weighted by Gasteiger charge is 2.25. The molecule has 2 aromatic heterocycles. The maximum Gasteiger partial charge on any atom is 0.407 e. The molecule has 0 bridgehead atoms. The molecule has 1 aliphatic heterocycles. The summed E-state index contributed by atoms with van der Waals surface area (Å²) < 4.78 is 10.8. The molecular weight excluding hydrogens is 424 g/mol. The number of para-hydroxylation sites is 1. The van der Waals surface area contributed by atoms with Crippen molar-refractivity contribution in [1.29, 1.82) is 0 Å². The van der Waals surface area contributed by atoms with Crippen molar-refractivity contribution in [2.24, 2.45) is 5.92 Å². The Bertz CT molecular complexity index is 1090. The van der Waals surface area contributed by atoms with Crippen molar-refractivity contribution < 1.29 is 14.3 Å². The highest BCUT2D eigenvalue weighted by molar-refractivity contribution is 7.17. The molecule has 32 heavy (non-hydrogen) atoms. The summed E-state index contributed by atoms with van der Waals surface area (Å²) in [5.74, 6) is 2.71. The number of aryl methyl sites for hydroxylation is 1. The van der Waals surface area contributed by atoms with Crippen LogP contribution in [0.25, 0.3) is 21.6 Å². The summed E-state index contributed by atoms with van der Waals surface area (Å²) >= 11 is 1.64. The van der Waals surface area contributed by atoms with E-state index in [0.29, 0.717) is 18.3 Å². The van der Waals surface area contributed by atoms with Gasteiger partial charge in [-0.25, -0.2) is 14.8 Å². The monoisotopic (exact) mass is 454 g/mol. The van der Waals surface area contributed by atoms with Crippen LogP contribution in [0.5, 0.6) is 5.75 Å². The molecular formula is C24H30N4O3S. The van der Waals surface area contributed by atoms with Crippen molar-refractivity contribution in [3.63, 3.8) is 0 Å². The number of carbonyl (C=O) groups is 1. The number of alkyl carbamates (subject to hydrolysis) is 1. The summed E-state index contributed by atoms with van der Waals surface area (Å²) in [6.07, 6.45) is 1.36. The molecule has 0 atom stereocenters. The predicted octanol–water partition coefficient (Wildman–Crippen LogP) is 5.03. The fourth-order valence-electron chi connectivity index (χ4n) is 3.93. The lowest BCUT2D eigenvalue weighted by molar-refractivity contribution is 0.128. The number of hydrogen-bond acceptors (Lipinski definition) is 7. The van der Waals surface area contributed by atoms with Crippen LogP contribution in [0.2, 0.25) is 0 Å². The molecule has 1 saturated heterocycles. The number of amides is 1. The zero-order valence-corrected chi connectivity index (χ0v) is 19.9. The van der Waals surface area contributed by atoms with Crippen LogP contribution in [0.1, 0.15) is 32.3 Å². The van der Waals surface area contributed by atoms with Gasteiger partial charge in [0.2, 0.25) is 0 Å². The normalized spacial score (nSPS) is 14.7. The van der Waals surface area contributed by atoms with Crippen LogP contribution in [-0.2, 0) is 4.74 Å². The van der Waals surface area contributed by atoms with E-state index in [1.807, 2.05) is 38.1 Å². The third kappa shape index (κ3) is 4.80. The van der Waals surface area contributed by atoms with Crippen LogP contribution in [0.3, 0.4) is 0 Å². The van der Waals surface area contributed by atoms with Gasteiger partial charge in [-0.2, -0.15) is 0 Å². The van der Waals surface area contributed by atoms with Gasteiger partial charge in [-0.3, -0.25) is 0 Å². The standard InChI is InChI=1S/C24H30N4O3S/c1-15(2)13-31-24(29)25-17-9-11-28(12-10-17)22-20-16(3)14-32-23(20)27-21(26-22)18-7-5-6-8-19(18)30-4/h5-8,14-15,17H,9-13H2,1-4H3,(H,25,29). The molecule has 4 rings (SSSR count). The van der Waals surface area contributed by atoms with Gasteiger partial charge in [0.25, 0.3) is 0 Å². The van der Waals surface area contributed by atoms with Gasteiger partial charge in [-0.15, -0.1) is 11.3 Å². The molecule has 0 unspecified atom stereocenters. The van der Waals surface area contributed by atoms with E-state index < -0.39 is 0 Å². The van der Waals surface area contributed by atoms with Gasteiger partial charge in [-0.1, -0.05) is 26.0 Å². The van der Waals surface area contributed by atoms with Crippen LogP contribution < -0.4 is 15.0 Å². The first-order chi connectivity index (χ1) is 15.5. The van der Waals surface area contributed by atoms with Crippen molar-refractivity contribution in [3.05, 3.63) is 35.2 Å². The summed E-state index contributed by atoms with van der Waals surface area (Å²) in [5, 5.41) is 6.25. The first kappa shape index (κ1) is 22.3. The van der Waals surface area contributed by atoms with Crippen LogP contribution in [0.15, 0.2) is 29.6 Å². The van der Waals surface area contributed by atoms with E-state index in [2.05, 4.69) is 22.5 Å².